The molecular formula is C17H21NO5. The maximum Gasteiger partial charge on any atom is 0.339 e. The Kier molecular flexibility index (Phi) is 4.63. The molecule has 0 aromatic carbocycles. The summed E-state index contributed by atoms with van der Waals surface area (Å²) >= 11 is 0. The molecule has 0 saturated carbocycles. The van der Waals surface area contributed by atoms with E-state index in [1.165, 1.54) is 0 Å². The van der Waals surface area contributed by atoms with Gasteiger partial charge in [-0.3, -0.25) is 0 Å². The van der Waals surface area contributed by atoms with Crippen LogP contribution in [0.25, 0.3) is 0 Å². The highest BCUT2D eigenvalue weighted by atomic mass is 16.5. The van der Waals surface area contributed by atoms with Crippen molar-refractivity contribution in [1.29, 1.82) is 0 Å². The largest absolute Gasteiger partial charge is 0.478 e. The molecule has 0 saturated heterocycles. The van der Waals surface area contributed by atoms with E-state index in [-0.39, 0.29) is 11.5 Å². The number of carbonyl (C=O) groups excluding carboxylic acids is 1. The van der Waals surface area contributed by atoms with Crippen LogP contribution in [0.3, 0.4) is 0 Å². The number of rotatable bonds is 5. The Morgan fingerprint density at radius 3 is 2.43 bits per heavy atom. The fourth-order valence-corrected chi connectivity index (χ4v) is 2.82. The first-order valence-corrected chi connectivity index (χ1v) is 7.43. The van der Waals surface area contributed by atoms with Gasteiger partial charge in [0.25, 0.3) is 0 Å². The molecule has 0 aliphatic heterocycles. The summed E-state index contributed by atoms with van der Waals surface area (Å²) in [5, 5.41) is 9.40. The second-order valence-corrected chi connectivity index (χ2v) is 5.46. The van der Waals surface area contributed by atoms with Gasteiger partial charge in [-0.2, -0.15) is 0 Å². The minimum absolute atomic E-state index is 0.188. The van der Waals surface area contributed by atoms with E-state index in [4.69, 9.17) is 9.15 Å². The van der Waals surface area contributed by atoms with E-state index in [9.17, 15) is 14.7 Å². The van der Waals surface area contributed by atoms with Crippen LogP contribution in [-0.2, 0) is 11.3 Å². The third-order valence-corrected chi connectivity index (χ3v) is 3.98. The van der Waals surface area contributed by atoms with Crippen LogP contribution in [0.2, 0.25) is 0 Å². The van der Waals surface area contributed by atoms with E-state index in [0.29, 0.717) is 35.8 Å². The summed E-state index contributed by atoms with van der Waals surface area (Å²) < 4.78 is 12.4. The maximum atomic E-state index is 12.0. The van der Waals surface area contributed by atoms with Crippen LogP contribution >= 0.6 is 0 Å². The summed E-state index contributed by atoms with van der Waals surface area (Å²) in [6, 6.07) is 1.76. The van der Waals surface area contributed by atoms with E-state index in [2.05, 4.69) is 0 Å². The molecular weight excluding hydrogens is 298 g/mol. The molecule has 6 nitrogen and oxygen atoms in total. The molecule has 0 radical (unpaired) electrons. The lowest BCUT2D eigenvalue weighted by molar-refractivity contribution is 0.0524. The summed E-state index contributed by atoms with van der Waals surface area (Å²) in [4.78, 5) is 23.5. The van der Waals surface area contributed by atoms with Gasteiger partial charge < -0.3 is 18.8 Å². The molecule has 1 N–H and O–H groups in total. The Labute approximate surface area is 134 Å². The summed E-state index contributed by atoms with van der Waals surface area (Å²) in [5.41, 5.74) is 2.91. The number of carboxylic acid groups (broad SMARTS) is 1. The molecule has 0 amide bonds. The van der Waals surface area contributed by atoms with Gasteiger partial charge in [0.15, 0.2) is 0 Å². The lowest BCUT2D eigenvalue weighted by Crippen LogP contribution is -2.11. The number of carboxylic acids is 1. The molecule has 6 heteroatoms. The number of aromatic carboxylic acids is 1. The highest BCUT2D eigenvalue weighted by Gasteiger charge is 2.23. The number of aromatic nitrogens is 1. The van der Waals surface area contributed by atoms with Crippen molar-refractivity contribution in [2.45, 2.75) is 41.2 Å². The predicted octanol–water partition coefficient (Wildman–Crippen LogP) is 3.24. The number of hydrogen-bond donors (Lipinski definition) is 1. The second kappa shape index (κ2) is 6.32. The second-order valence-electron chi connectivity index (χ2n) is 5.46. The Morgan fingerprint density at radius 2 is 1.87 bits per heavy atom. The summed E-state index contributed by atoms with van der Waals surface area (Å²) in [7, 11) is 0. The molecule has 2 aromatic rings. The minimum Gasteiger partial charge on any atom is -0.478 e. The first kappa shape index (κ1) is 16.9. The van der Waals surface area contributed by atoms with E-state index < -0.39 is 5.97 Å². The fraction of sp³-hybridized carbons (Fsp3) is 0.412. The quantitative estimate of drug-likeness (QED) is 0.856. The van der Waals surface area contributed by atoms with Crippen molar-refractivity contribution in [3.63, 3.8) is 0 Å². The fourth-order valence-electron chi connectivity index (χ4n) is 2.82. The van der Waals surface area contributed by atoms with Gasteiger partial charge in [0.2, 0.25) is 0 Å². The Balaban J connectivity index is 2.46. The van der Waals surface area contributed by atoms with Crippen LogP contribution in [0.15, 0.2) is 10.5 Å². The van der Waals surface area contributed by atoms with Crippen LogP contribution in [-0.4, -0.2) is 28.2 Å². The Hall–Kier alpha value is -2.50. The Morgan fingerprint density at radius 1 is 1.22 bits per heavy atom. The molecule has 0 unspecified atom stereocenters. The molecule has 23 heavy (non-hydrogen) atoms. The highest BCUT2D eigenvalue weighted by Crippen LogP contribution is 2.25. The summed E-state index contributed by atoms with van der Waals surface area (Å²) in [6.45, 7) is 9.48. The van der Waals surface area contributed by atoms with Crippen LogP contribution in [0, 0.1) is 27.7 Å². The highest BCUT2D eigenvalue weighted by molar-refractivity contribution is 5.92. The van der Waals surface area contributed by atoms with Gasteiger partial charge in [-0.15, -0.1) is 0 Å². The predicted molar refractivity (Wildman–Crippen MR) is 84.1 cm³/mol. The number of nitrogens with zero attached hydrogens (tertiary/aromatic N) is 1. The topological polar surface area (TPSA) is 81.7 Å². The molecule has 2 rings (SSSR count). The Bertz CT molecular complexity index is 767. The molecule has 0 aliphatic rings. The SMILES string of the molecule is CCOC(=O)c1cc(C)n(Cc2c(C)oc(C)c2C(=O)O)c1C. The normalized spacial score (nSPS) is 10.8. The number of carbonyl (C=O) groups is 2. The zero-order chi connectivity index (χ0) is 17.3. The number of furan rings is 1. The van der Waals surface area contributed by atoms with E-state index in [1.54, 1.807) is 26.8 Å². The van der Waals surface area contributed by atoms with Gasteiger partial charge in [-0.1, -0.05) is 0 Å². The molecule has 0 spiro atoms. The summed E-state index contributed by atoms with van der Waals surface area (Å²) in [5.74, 6) is -0.420. The van der Waals surface area contributed by atoms with Gasteiger partial charge in [-0.25, -0.2) is 9.59 Å². The zero-order valence-corrected chi connectivity index (χ0v) is 14.0. The van der Waals surface area contributed by atoms with E-state index >= 15 is 0 Å². The molecule has 124 valence electrons. The van der Waals surface area contributed by atoms with Crippen molar-refractivity contribution >= 4 is 11.9 Å². The van der Waals surface area contributed by atoms with Crippen LogP contribution < -0.4 is 0 Å². The number of ether oxygens (including phenoxy) is 1. The lowest BCUT2D eigenvalue weighted by atomic mass is 10.1. The van der Waals surface area contributed by atoms with Gasteiger partial charge in [0.05, 0.1) is 18.7 Å². The molecule has 0 fully saturated rings. The third kappa shape index (κ3) is 3.02. The van der Waals surface area contributed by atoms with Crippen LogP contribution in [0.4, 0.5) is 0 Å². The van der Waals surface area contributed by atoms with Crippen LogP contribution in [0.5, 0.6) is 0 Å². The average molecular weight is 319 g/mol. The van der Waals surface area contributed by atoms with Crippen molar-refractivity contribution in [2.75, 3.05) is 6.61 Å². The number of aryl methyl sites for hydroxylation is 3. The van der Waals surface area contributed by atoms with Crippen molar-refractivity contribution in [2.24, 2.45) is 0 Å². The van der Waals surface area contributed by atoms with Crippen molar-refractivity contribution < 1.29 is 23.8 Å². The lowest BCUT2D eigenvalue weighted by Gasteiger charge is -2.10. The van der Waals surface area contributed by atoms with Crippen molar-refractivity contribution in [1.82, 2.24) is 4.57 Å². The molecule has 2 heterocycles. The van der Waals surface area contributed by atoms with Crippen molar-refractivity contribution in [3.8, 4) is 0 Å². The van der Waals surface area contributed by atoms with Crippen LogP contribution in [0.1, 0.15) is 56.1 Å². The van der Waals surface area contributed by atoms with E-state index in [0.717, 1.165) is 11.4 Å². The third-order valence-electron chi connectivity index (χ3n) is 3.98. The van der Waals surface area contributed by atoms with Gasteiger partial charge in [-0.05, 0) is 40.7 Å². The van der Waals surface area contributed by atoms with E-state index in [1.807, 2.05) is 18.4 Å². The monoisotopic (exact) mass is 319 g/mol. The smallest absolute Gasteiger partial charge is 0.339 e. The molecule has 0 atom stereocenters. The van der Waals surface area contributed by atoms with Gasteiger partial charge >= 0.3 is 11.9 Å². The average Bonchev–Trinajstić information content (AvgIpc) is 2.89. The molecule has 2 aromatic heterocycles. The zero-order valence-electron chi connectivity index (χ0n) is 14.0. The van der Waals surface area contributed by atoms with Gasteiger partial charge in [0.1, 0.15) is 17.1 Å². The first-order chi connectivity index (χ1) is 10.8. The number of esters is 1. The van der Waals surface area contributed by atoms with Gasteiger partial charge in [0, 0.05) is 17.0 Å². The number of hydrogen-bond acceptors (Lipinski definition) is 4. The van der Waals surface area contributed by atoms with Crippen molar-refractivity contribution in [3.05, 3.63) is 45.7 Å². The first-order valence-electron chi connectivity index (χ1n) is 7.43. The maximum absolute atomic E-state index is 12.0. The molecule has 0 bridgehead atoms. The minimum atomic E-state index is -1.01. The standard InChI is InChI=1S/C17H21NO5/c1-6-22-17(21)13-7-9(2)18(10(13)3)8-14-11(4)23-12(5)15(14)16(19)20/h7H,6,8H2,1-5H3,(H,19,20). The summed E-state index contributed by atoms with van der Waals surface area (Å²) in [6.07, 6.45) is 0. The molecule has 0 aliphatic carbocycles.